The van der Waals surface area contributed by atoms with Crippen molar-refractivity contribution in [3.8, 4) is 0 Å². The summed E-state index contributed by atoms with van der Waals surface area (Å²) in [5, 5.41) is 4.85. The van der Waals surface area contributed by atoms with E-state index in [1.54, 1.807) is 10.9 Å². The molecule has 0 spiro atoms. The highest BCUT2D eigenvalue weighted by molar-refractivity contribution is 7.07. The second-order valence-corrected chi connectivity index (χ2v) is 5.99. The van der Waals surface area contributed by atoms with E-state index in [-0.39, 0.29) is 11.9 Å². The number of nitrogens with one attached hydrogen (secondary N) is 1. The highest BCUT2D eigenvalue weighted by Crippen LogP contribution is 2.18. The van der Waals surface area contributed by atoms with Crippen LogP contribution in [0, 0.1) is 6.92 Å². The van der Waals surface area contributed by atoms with Crippen LogP contribution in [0.4, 0.5) is 5.82 Å². The van der Waals surface area contributed by atoms with E-state index in [1.807, 2.05) is 25.1 Å². The first-order chi connectivity index (χ1) is 10.2. The third-order valence-electron chi connectivity index (χ3n) is 3.62. The number of piperidine rings is 1. The van der Waals surface area contributed by atoms with Crippen molar-refractivity contribution >= 4 is 23.1 Å². The third kappa shape index (κ3) is 3.39. The Morgan fingerprint density at radius 2 is 2.38 bits per heavy atom. The Morgan fingerprint density at radius 3 is 3.14 bits per heavy atom. The summed E-state index contributed by atoms with van der Waals surface area (Å²) < 4.78 is 0. The number of pyridine rings is 1. The summed E-state index contributed by atoms with van der Waals surface area (Å²) in [5.41, 5.74) is 3.20. The highest BCUT2D eigenvalue weighted by atomic mass is 32.1. The average Bonchev–Trinajstić information content (AvgIpc) is 3.02. The molecule has 0 bridgehead atoms. The first-order valence-corrected chi connectivity index (χ1v) is 8.04. The predicted molar refractivity (Wildman–Crippen MR) is 83.8 cm³/mol. The molecule has 0 aliphatic carbocycles. The first-order valence-electron chi connectivity index (χ1n) is 7.10. The van der Waals surface area contributed by atoms with Crippen molar-refractivity contribution in [2.45, 2.75) is 25.8 Å². The Kier molecular flexibility index (Phi) is 4.15. The van der Waals surface area contributed by atoms with Gasteiger partial charge in [-0.1, -0.05) is 6.07 Å². The van der Waals surface area contributed by atoms with Crippen molar-refractivity contribution < 1.29 is 4.79 Å². The van der Waals surface area contributed by atoms with Gasteiger partial charge in [-0.2, -0.15) is 0 Å². The molecule has 5 nitrogen and oxygen atoms in total. The van der Waals surface area contributed by atoms with Crippen LogP contribution in [0.5, 0.6) is 0 Å². The molecule has 110 valence electrons. The van der Waals surface area contributed by atoms with Crippen molar-refractivity contribution in [1.29, 1.82) is 0 Å². The standard InChI is InChI=1S/C15H18N4OS/c1-11-4-2-6-14(17-11)19-7-3-5-12(8-19)18-15(20)13-9-21-10-16-13/h2,4,6,9-10,12H,3,5,7-8H2,1H3,(H,18,20)/t12-/m1/s1. The summed E-state index contributed by atoms with van der Waals surface area (Å²) in [4.78, 5) is 22.9. The molecule has 0 radical (unpaired) electrons. The smallest absolute Gasteiger partial charge is 0.271 e. The van der Waals surface area contributed by atoms with Crippen LogP contribution in [0.2, 0.25) is 0 Å². The van der Waals surface area contributed by atoms with Gasteiger partial charge in [-0.3, -0.25) is 4.79 Å². The molecular weight excluding hydrogens is 284 g/mol. The van der Waals surface area contributed by atoms with Crippen LogP contribution >= 0.6 is 11.3 Å². The molecule has 2 aromatic heterocycles. The van der Waals surface area contributed by atoms with Gasteiger partial charge in [-0.05, 0) is 31.9 Å². The molecule has 1 amide bonds. The van der Waals surface area contributed by atoms with Gasteiger partial charge in [0, 0.05) is 30.2 Å². The van der Waals surface area contributed by atoms with E-state index in [9.17, 15) is 4.79 Å². The van der Waals surface area contributed by atoms with Crippen LogP contribution in [0.25, 0.3) is 0 Å². The van der Waals surface area contributed by atoms with Gasteiger partial charge in [0.15, 0.2) is 0 Å². The number of hydrogen-bond acceptors (Lipinski definition) is 5. The molecule has 0 aromatic carbocycles. The van der Waals surface area contributed by atoms with Crippen LogP contribution in [0.15, 0.2) is 29.1 Å². The summed E-state index contributed by atoms with van der Waals surface area (Å²) in [6.07, 6.45) is 2.05. The molecule has 1 N–H and O–H groups in total. The number of aryl methyl sites for hydroxylation is 1. The maximum absolute atomic E-state index is 12.1. The molecule has 0 saturated carbocycles. The Hall–Kier alpha value is -1.95. The lowest BCUT2D eigenvalue weighted by Crippen LogP contribution is -2.48. The molecule has 21 heavy (non-hydrogen) atoms. The maximum Gasteiger partial charge on any atom is 0.271 e. The molecule has 1 aliphatic rings. The molecule has 1 aliphatic heterocycles. The van der Waals surface area contributed by atoms with Crippen molar-refractivity contribution in [2.24, 2.45) is 0 Å². The van der Waals surface area contributed by atoms with Crippen LogP contribution in [0.1, 0.15) is 29.0 Å². The fourth-order valence-corrected chi connectivity index (χ4v) is 3.12. The lowest BCUT2D eigenvalue weighted by molar-refractivity contribution is 0.0929. The van der Waals surface area contributed by atoms with Crippen LogP contribution in [-0.4, -0.2) is 35.0 Å². The van der Waals surface area contributed by atoms with Crippen LogP contribution < -0.4 is 10.2 Å². The molecule has 1 atom stereocenters. The second-order valence-electron chi connectivity index (χ2n) is 5.27. The quantitative estimate of drug-likeness (QED) is 0.945. The van der Waals surface area contributed by atoms with E-state index in [0.29, 0.717) is 5.69 Å². The zero-order valence-electron chi connectivity index (χ0n) is 12.0. The summed E-state index contributed by atoms with van der Waals surface area (Å²) in [7, 11) is 0. The number of carbonyl (C=O) groups is 1. The fraction of sp³-hybridized carbons (Fsp3) is 0.400. The Bertz CT molecular complexity index is 614. The summed E-state index contributed by atoms with van der Waals surface area (Å²) in [6.45, 7) is 3.78. The van der Waals surface area contributed by atoms with Crippen LogP contribution in [-0.2, 0) is 0 Å². The summed E-state index contributed by atoms with van der Waals surface area (Å²) in [6, 6.07) is 6.19. The van der Waals surface area contributed by atoms with Crippen molar-refractivity contribution in [3.05, 3.63) is 40.5 Å². The molecule has 0 unspecified atom stereocenters. The number of aromatic nitrogens is 2. The highest BCUT2D eigenvalue weighted by Gasteiger charge is 2.23. The number of amides is 1. The van der Waals surface area contributed by atoms with Gasteiger partial charge >= 0.3 is 0 Å². The van der Waals surface area contributed by atoms with Crippen molar-refractivity contribution in [2.75, 3.05) is 18.0 Å². The molecule has 3 rings (SSSR count). The Labute approximate surface area is 128 Å². The minimum atomic E-state index is -0.0831. The molecule has 6 heteroatoms. The second kappa shape index (κ2) is 6.22. The van der Waals surface area contributed by atoms with Crippen molar-refractivity contribution in [1.82, 2.24) is 15.3 Å². The van der Waals surface area contributed by atoms with Gasteiger partial charge < -0.3 is 10.2 Å². The van der Waals surface area contributed by atoms with Gasteiger partial charge in [0.25, 0.3) is 5.91 Å². The SMILES string of the molecule is Cc1cccc(N2CCC[C@@H](NC(=O)c3cscn3)C2)n1. The van der Waals surface area contributed by atoms with Gasteiger partial charge in [0.2, 0.25) is 0 Å². The number of hydrogen-bond donors (Lipinski definition) is 1. The minimum absolute atomic E-state index is 0.0831. The number of thiazole rings is 1. The minimum Gasteiger partial charge on any atom is -0.355 e. The fourth-order valence-electron chi connectivity index (χ4n) is 2.59. The number of anilines is 1. The lowest BCUT2D eigenvalue weighted by Gasteiger charge is -2.34. The molecule has 1 saturated heterocycles. The Balaban J connectivity index is 1.64. The van der Waals surface area contributed by atoms with E-state index in [1.165, 1.54) is 11.3 Å². The molecule has 2 aromatic rings. The zero-order chi connectivity index (χ0) is 14.7. The van der Waals surface area contributed by atoms with E-state index in [4.69, 9.17) is 0 Å². The van der Waals surface area contributed by atoms with E-state index >= 15 is 0 Å². The van der Waals surface area contributed by atoms with Gasteiger partial charge in [0.1, 0.15) is 11.5 Å². The lowest BCUT2D eigenvalue weighted by atomic mass is 10.1. The zero-order valence-corrected chi connectivity index (χ0v) is 12.8. The predicted octanol–water partition coefficient (Wildman–Crippen LogP) is 2.25. The monoisotopic (exact) mass is 302 g/mol. The third-order valence-corrected chi connectivity index (χ3v) is 4.21. The Morgan fingerprint density at radius 1 is 1.48 bits per heavy atom. The topological polar surface area (TPSA) is 58.1 Å². The molecular formula is C15H18N4OS. The molecule has 1 fully saturated rings. The summed E-state index contributed by atoms with van der Waals surface area (Å²) in [5.74, 6) is 0.905. The van der Waals surface area contributed by atoms with Crippen LogP contribution in [0.3, 0.4) is 0 Å². The van der Waals surface area contributed by atoms with Gasteiger partial charge in [-0.25, -0.2) is 9.97 Å². The van der Waals surface area contributed by atoms with Gasteiger partial charge in [0.05, 0.1) is 5.51 Å². The van der Waals surface area contributed by atoms with Gasteiger partial charge in [-0.15, -0.1) is 11.3 Å². The number of rotatable bonds is 3. The summed E-state index contributed by atoms with van der Waals surface area (Å²) >= 11 is 1.44. The van der Waals surface area contributed by atoms with Crippen molar-refractivity contribution in [3.63, 3.8) is 0 Å². The molecule has 3 heterocycles. The largest absolute Gasteiger partial charge is 0.355 e. The normalized spacial score (nSPS) is 18.5. The van der Waals surface area contributed by atoms with E-state index in [0.717, 1.165) is 37.4 Å². The van der Waals surface area contributed by atoms with E-state index < -0.39 is 0 Å². The maximum atomic E-state index is 12.1. The number of nitrogens with zero attached hydrogens (tertiary/aromatic N) is 3. The first kappa shape index (κ1) is 14.0. The van der Waals surface area contributed by atoms with E-state index in [2.05, 4.69) is 20.2 Å². The average molecular weight is 302 g/mol. The number of carbonyl (C=O) groups excluding carboxylic acids is 1.